The first-order chi connectivity index (χ1) is 8.29. The molecule has 0 unspecified atom stereocenters. The molecule has 0 bridgehead atoms. The SMILES string of the molecule is NCCCCOc1ccc2c(c1)CCC(=O)N2. The summed E-state index contributed by atoms with van der Waals surface area (Å²) in [5.74, 6) is 0.964. The normalized spacial score (nSPS) is 14.1. The van der Waals surface area contributed by atoms with Gasteiger partial charge in [0.25, 0.3) is 0 Å². The molecule has 0 aliphatic carbocycles. The zero-order valence-corrected chi connectivity index (χ0v) is 9.87. The van der Waals surface area contributed by atoms with Gasteiger partial charge < -0.3 is 15.8 Å². The number of nitrogens with one attached hydrogen (secondary N) is 1. The van der Waals surface area contributed by atoms with Crippen LogP contribution >= 0.6 is 0 Å². The smallest absolute Gasteiger partial charge is 0.224 e. The van der Waals surface area contributed by atoms with Crippen molar-refractivity contribution in [2.24, 2.45) is 5.73 Å². The third kappa shape index (κ3) is 3.20. The monoisotopic (exact) mass is 234 g/mol. The fourth-order valence-corrected chi connectivity index (χ4v) is 1.89. The highest BCUT2D eigenvalue weighted by atomic mass is 16.5. The Morgan fingerprint density at radius 1 is 1.29 bits per heavy atom. The molecule has 92 valence electrons. The molecule has 4 heteroatoms. The Morgan fingerprint density at radius 3 is 3.00 bits per heavy atom. The Hall–Kier alpha value is -1.55. The van der Waals surface area contributed by atoms with Crippen molar-refractivity contribution >= 4 is 11.6 Å². The fourth-order valence-electron chi connectivity index (χ4n) is 1.89. The van der Waals surface area contributed by atoms with E-state index in [9.17, 15) is 4.79 Å². The predicted molar refractivity (Wildman–Crippen MR) is 67.2 cm³/mol. The zero-order valence-electron chi connectivity index (χ0n) is 9.87. The lowest BCUT2D eigenvalue weighted by atomic mass is 10.0. The van der Waals surface area contributed by atoms with Crippen LogP contribution in [-0.4, -0.2) is 19.1 Å². The molecule has 0 saturated heterocycles. The second kappa shape index (κ2) is 5.68. The maximum absolute atomic E-state index is 11.2. The van der Waals surface area contributed by atoms with E-state index in [1.165, 1.54) is 0 Å². The number of benzene rings is 1. The summed E-state index contributed by atoms with van der Waals surface area (Å²) in [4.78, 5) is 11.2. The van der Waals surface area contributed by atoms with Crippen molar-refractivity contribution in [1.82, 2.24) is 0 Å². The number of hydrogen-bond donors (Lipinski definition) is 2. The van der Waals surface area contributed by atoms with Crippen molar-refractivity contribution in [3.8, 4) is 5.75 Å². The maximum atomic E-state index is 11.2. The number of amides is 1. The minimum atomic E-state index is 0.0918. The molecule has 1 amide bonds. The van der Waals surface area contributed by atoms with Crippen LogP contribution in [0.25, 0.3) is 0 Å². The predicted octanol–water partition coefficient (Wildman–Crippen LogP) is 1.69. The minimum Gasteiger partial charge on any atom is -0.494 e. The first-order valence-corrected chi connectivity index (χ1v) is 6.05. The van der Waals surface area contributed by atoms with E-state index in [1.54, 1.807) is 0 Å². The van der Waals surface area contributed by atoms with Crippen LogP contribution in [0.3, 0.4) is 0 Å². The van der Waals surface area contributed by atoms with Crippen molar-refractivity contribution in [2.75, 3.05) is 18.5 Å². The van der Waals surface area contributed by atoms with Crippen LogP contribution in [0.1, 0.15) is 24.8 Å². The second-order valence-electron chi connectivity index (χ2n) is 4.21. The molecular weight excluding hydrogens is 216 g/mol. The van der Waals surface area contributed by atoms with Crippen molar-refractivity contribution in [2.45, 2.75) is 25.7 Å². The van der Waals surface area contributed by atoms with Gasteiger partial charge in [-0.1, -0.05) is 0 Å². The van der Waals surface area contributed by atoms with Gasteiger partial charge in [0.1, 0.15) is 5.75 Å². The highest BCUT2D eigenvalue weighted by Crippen LogP contribution is 2.26. The van der Waals surface area contributed by atoms with Gasteiger partial charge in [-0.3, -0.25) is 4.79 Å². The van der Waals surface area contributed by atoms with E-state index in [0.29, 0.717) is 19.6 Å². The molecule has 0 atom stereocenters. The molecule has 4 nitrogen and oxygen atoms in total. The number of carbonyl (C=O) groups excluding carboxylic acids is 1. The summed E-state index contributed by atoms with van der Waals surface area (Å²) in [6.45, 7) is 1.40. The first kappa shape index (κ1) is 11.9. The largest absolute Gasteiger partial charge is 0.494 e. The molecule has 1 aromatic rings. The molecule has 0 saturated carbocycles. The molecule has 1 aromatic carbocycles. The van der Waals surface area contributed by atoms with Crippen LogP contribution in [0.15, 0.2) is 18.2 Å². The highest BCUT2D eigenvalue weighted by molar-refractivity contribution is 5.93. The lowest BCUT2D eigenvalue weighted by molar-refractivity contribution is -0.116. The van der Waals surface area contributed by atoms with Crippen LogP contribution in [0, 0.1) is 0 Å². The molecule has 2 rings (SSSR count). The van der Waals surface area contributed by atoms with Gasteiger partial charge in [-0.05, 0) is 49.6 Å². The molecule has 17 heavy (non-hydrogen) atoms. The summed E-state index contributed by atoms with van der Waals surface area (Å²) < 4.78 is 5.63. The van der Waals surface area contributed by atoms with Crippen LogP contribution in [0.4, 0.5) is 5.69 Å². The highest BCUT2D eigenvalue weighted by Gasteiger charge is 2.14. The first-order valence-electron chi connectivity index (χ1n) is 6.05. The number of carbonyl (C=O) groups is 1. The quantitative estimate of drug-likeness (QED) is 0.762. The van der Waals surface area contributed by atoms with Gasteiger partial charge in [0.2, 0.25) is 5.91 Å². The number of anilines is 1. The second-order valence-corrected chi connectivity index (χ2v) is 4.21. The molecule has 1 aliphatic rings. The molecule has 3 N–H and O–H groups in total. The Bertz CT molecular complexity index is 404. The molecule has 1 aliphatic heterocycles. The minimum absolute atomic E-state index is 0.0918. The number of aryl methyl sites for hydroxylation is 1. The number of unbranched alkanes of at least 4 members (excludes halogenated alkanes) is 1. The van der Waals surface area contributed by atoms with E-state index in [4.69, 9.17) is 10.5 Å². The van der Waals surface area contributed by atoms with Crippen molar-refractivity contribution in [3.63, 3.8) is 0 Å². The third-order valence-corrected chi connectivity index (χ3v) is 2.84. The lowest BCUT2D eigenvalue weighted by Crippen LogP contribution is -2.18. The molecular formula is C13H18N2O2. The van der Waals surface area contributed by atoms with Gasteiger partial charge in [-0.15, -0.1) is 0 Å². The van der Waals surface area contributed by atoms with Crippen LogP contribution in [0.2, 0.25) is 0 Å². The maximum Gasteiger partial charge on any atom is 0.224 e. The number of rotatable bonds is 5. The van der Waals surface area contributed by atoms with Gasteiger partial charge >= 0.3 is 0 Å². The molecule has 0 spiro atoms. The molecule has 1 heterocycles. The van der Waals surface area contributed by atoms with Crippen molar-refractivity contribution < 1.29 is 9.53 Å². The van der Waals surface area contributed by atoms with E-state index in [-0.39, 0.29) is 5.91 Å². The Labute approximate surface area is 101 Å². The Balaban J connectivity index is 1.94. The van der Waals surface area contributed by atoms with E-state index in [2.05, 4.69) is 5.32 Å². The Morgan fingerprint density at radius 2 is 2.18 bits per heavy atom. The summed E-state index contributed by atoms with van der Waals surface area (Å²) in [5, 5.41) is 2.85. The van der Waals surface area contributed by atoms with Gasteiger partial charge in [0.15, 0.2) is 0 Å². The number of hydrogen-bond acceptors (Lipinski definition) is 3. The molecule has 0 aromatic heterocycles. The van der Waals surface area contributed by atoms with E-state index in [0.717, 1.165) is 36.3 Å². The van der Waals surface area contributed by atoms with Gasteiger partial charge in [-0.2, -0.15) is 0 Å². The van der Waals surface area contributed by atoms with E-state index >= 15 is 0 Å². The summed E-state index contributed by atoms with van der Waals surface area (Å²) in [5.41, 5.74) is 7.48. The van der Waals surface area contributed by atoms with Crippen LogP contribution in [0.5, 0.6) is 5.75 Å². The van der Waals surface area contributed by atoms with Gasteiger partial charge in [-0.25, -0.2) is 0 Å². The van der Waals surface area contributed by atoms with Crippen molar-refractivity contribution in [3.05, 3.63) is 23.8 Å². The summed E-state index contributed by atoms with van der Waals surface area (Å²) in [6, 6.07) is 5.81. The van der Waals surface area contributed by atoms with E-state index < -0.39 is 0 Å². The molecule has 0 radical (unpaired) electrons. The van der Waals surface area contributed by atoms with Crippen LogP contribution < -0.4 is 15.8 Å². The van der Waals surface area contributed by atoms with Crippen LogP contribution in [-0.2, 0) is 11.2 Å². The van der Waals surface area contributed by atoms with Gasteiger partial charge in [0, 0.05) is 12.1 Å². The number of fused-ring (bicyclic) bond motifs is 1. The van der Waals surface area contributed by atoms with E-state index in [1.807, 2.05) is 18.2 Å². The standard InChI is InChI=1S/C13H18N2O2/c14-7-1-2-8-17-11-4-5-12-10(9-11)3-6-13(16)15-12/h4-5,9H,1-3,6-8,14H2,(H,15,16). The number of ether oxygens (including phenoxy) is 1. The lowest BCUT2D eigenvalue weighted by Gasteiger charge is -2.17. The Kier molecular flexibility index (Phi) is 3.98. The topological polar surface area (TPSA) is 64.3 Å². The summed E-state index contributed by atoms with van der Waals surface area (Å²) in [7, 11) is 0. The fraction of sp³-hybridized carbons (Fsp3) is 0.462. The summed E-state index contributed by atoms with van der Waals surface area (Å²) in [6.07, 6.45) is 3.32. The average Bonchev–Trinajstić information content (AvgIpc) is 2.35. The number of nitrogens with two attached hydrogens (primary N) is 1. The molecule has 0 fully saturated rings. The third-order valence-electron chi connectivity index (χ3n) is 2.84. The zero-order chi connectivity index (χ0) is 12.1. The summed E-state index contributed by atoms with van der Waals surface area (Å²) >= 11 is 0. The average molecular weight is 234 g/mol. The van der Waals surface area contributed by atoms with Gasteiger partial charge in [0.05, 0.1) is 6.61 Å². The van der Waals surface area contributed by atoms with Crippen molar-refractivity contribution in [1.29, 1.82) is 0 Å².